The number of hydrogen-bond acceptors (Lipinski definition) is 3. The molecule has 1 atom stereocenters. The zero-order chi connectivity index (χ0) is 14.4. The number of rotatable bonds is 6. The molecule has 2 heterocycles. The van der Waals surface area contributed by atoms with E-state index in [2.05, 4.69) is 6.07 Å². The first kappa shape index (κ1) is 15.0. The molecule has 2 rings (SSSR count). The van der Waals surface area contributed by atoms with E-state index in [1.54, 1.807) is 11.3 Å². The Morgan fingerprint density at radius 1 is 1.35 bits per heavy atom. The van der Waals surface area contributed by atoms with Crippen LogP contribution in [0.4, 0.5) is 0 Å². The molecule has 1 N–H and O–H groups in total. The van der Waals surface area contributed by atoms with Crippen molar-refractivity contribution in [2.45, 2.75) is 51.0 Å². The van der Waals surface area contributed by atoms with Crippen molar-refractivity contribution in [2.75, 3.05) is 6.54 Å². The minimum Gasteiger partial charge on any atom is -0.481 e. The summed E-state index contributed by atoms with van der Waals surface area (Å²) in [5.74, 6) is -0.602. The van der Waals surface area contributed by atoms with Crippen molar-refractivity contribution in [3.05, 3.63) is 22.4 Å². The van der Waals surface area contributed by atoms with Crippen molar-refractivity contribution in [2.24, 2.45) is 0 Å². The van der Waals surface area contributed by atoms with Crippen molar-refractivity contribution < 1.29 is 14.7 Å². The fourth-order valence-corrected chi connectivity index (χ4v) is 3.46. The normalized spacial score (nSPS) is 19.0. The first-order valence-electron chi connectivity index (χ1n) is 7.20. The highest BCUT2D eigenvalue weighted by atomic mass is 32.1. The Hall–Kier alpha value is -1.36. The van der Waals surface area contributed by atoms with E-state index in [-0.39, 0.29) is 18.4 Å². The number of piperidine rings is 1. The van der Waals surface area contributed by atoms with E-state index in [0.29, 0.717) is 12.8 Å². The highest BCUT2D eigenvalue weighted by Crippen LogP contribution is 2.22. The number of carboxylic acid groups (broad SMARTS) is 1. The quantitative estimate of drug-likeness (QED) is 0.878. The van der Waals surface area contributed by atoms with Crippen molar-refractivity contribution in [3.63, 3.8) is 0 Å². The van der Waals surface area contributed by atoms with Gasteiger partial charge in [0.15, 0.2) is 0 Å². The molecule has 5 heteroatoms. The van der Waals surface area contributed by atoms with E-state index < -0.39 is 5.97 Å². The number of carbonyl (C=O) groups excluding carboxylic acids is 1. The number of aryl methyl sites for hydroxylation is 1. The van der Waals surface area contributed by atoms with Gasteiger partial charge in [-0.25, -0.2) is 0 Å². The van der Waals surface area contributed by atoms with Gasteiger partial charge < -0.3 is 10.0 Å². The third kappa shape index (κ3) is 4.34. The zero-order valence-corrected chi connectivity index (χ0v) is 12.4. The van der Waals surface area contributed by atoms with Crippen LogP contribution in [0.1, 0.15) is 43.4 Å². The van der Waals surface area contributed by atoms with E-state index >= 15 is 0 Å². The second kappa shape index (κ2) is 7.43. The maximum Gasteiger partial charge on any atom is 0.303 e. The van der Waals surface area contributed by atoms with Crippen LogP contribution in [0.25, 0.3) is 0 Å². The first-order valence-corrected chi connectivity index (χ1v) is 8.08. The van der Waals surface area contributed by atoms with Crippen LogP contribution in [0, 0.1) is 0 Å². The zero-order valence-electron chi connectivity index (χ0n) is 11.6. The summed E-state index contributed by atoms with van der Waals surface area (Å²) >= 11 is 1.68. The molecule has 1 aliphatic heterocycles. The van der Waals surface area contributed by atoms with E-state index in [0.717, 1.165) is 32.2 Å². The summed E-state index contributed by atoms with van der Waals surface area (Å²) in [6.45, 7) is 0.785. The van der Waals surface area contributed by atoms with E-state index in [1.165, 1.54) is 4.88 Å². The van der Waals surface area contributed by atoms with Crippen LogP contribution in [-0.4, -0.2) is 34.5 Å². The van der Waals surface area contributed by atoms with Crippen LogP contribution in [-0.2, 0) is 16.0 Å². The molecule has 1 fully saturated rings. The van der Waals surface area contributed by atoms with Gasteiger partial charge in [-0.2, -0.15) is 0 Å². The number of aliphatic carboxylic acids is 1. The molecule has 20 heavy (non-hydrogen) atoms. The van der Waals surface area contributed by atoms with E-state index in [4.69, 9.17) is 5.11 Å². The summed E-state index contributed by atoms with van der Waals surface area (Å²) in [6.07, 6.45) is 5.13. The molecule has 1 saturated heterocycles. The molecule has 1 aromatic rings. The molecular formula is C15H21NO3S. The third-order valence-electron chi connectivity index (χ3n) is 3.80. The van der Waals surface area contributed by atoms with Gasteiger partial charge in [-0.1, -0.05) is 6.07 Å². The Kier molecular flexibility index (Phi) is 5.59. The van der Waals surface area contributed by atoms with Crippen LogP contribution in [0.15, 0.2) is 17.5 Å². The molecule has 1 aliphatic rings. The minimum atomic E-state index is -0.776. The second-order valence-electron chi connectivity index (χ2n) is 5.25. The number of carboxylic acids is 1. The number of likely N-dealkylation sites (tertiary alicyclic amines) is 1. The standard InChI is InChI=1S/C15H21NO3S/c17-14(8-7-13-5-3-11-20-13)16-10-2-1-4-12(16)6-9-15(18)19/h3,5,11-12H,1-2,4,6-10H2,(H,18,19)/t12-/m0/s1. The predicted molar refractivity (Wildman–Crippen MR) is 78.9 cm³/mol. The lowest BCUT2D eigenvalue weighted by Crippen LogP contribution is -2.44. The van der Waals surface area contributed by atoms with Crippen LogP contribution in [0.2, 0.25) is 0 Å². The molecule has 0 saturated carbocycles. The van der Waals surface area contributed by atoms with Crippen LogP contribution >= 0.6 is 11.3 Å². The van der Waals surface area contributed by atoms with Crippen LogP contribution < -0.4 is 0 Å². The molecule has 0 spiro atoms. The van der Waals surface area contributed by atoms with E-state index in [9.17, 15) is 9.59 Å². The third-order valence-corrected chi connectivity index (χ3v) is 4.74. The number of amides is 1. The van der Waals surface area contributed by atoms with Gasteiger partial charge in [-0.3, -0.25) is 9.59 Å². The Bertz CT molecular complexity index is 444. The van der Waals surface area contributed by atoms with Gasteiger partial charge in [-0.15, -0.1) is 11.3 Å². The molecule has 0 bridgehead atoms. The molecule has 0 aliphatic carbocycles. The van der Waals surface area contributed by atoms with Gasteiger partial charge in [0.25, 0.3) is 0 Å². The van der Waals surface area contributed by atoms with E-state index in [1.807, 2.05) is 16.3 Å². The average Bonchev–Trinajstić information content (AvgIpc) is 2.96. The Morgan fingerprint density at radius 2 is 2.20 bits per heavy atom. The lowest BCUT2D eigenvalue weighted by Gasteiger charge is -2.35. The average molecular weight is 295 g/mol. The monoisotopic (exact) mass is 295 g/mol. The topological polar surface area (TPSA) is 57.6 Å². The van der Waals surface area contributed by atoms with Gasteiger partial charge >= 0.3 is 5.97 Å². The largest absolute Gasteiger partial charge is 0.481 e. The van der Waals surface area contributed by atoms with Crippen molar-refractivity contribution in [1.29, 1.82) is 0 Å². The Balaban J connectivity index is 1.86. The highest BCUT2D eigenvalue weighted by Gasteiger charge is 2.26. The highest BCUT2D eigenvalue weighted by molar-refractivity contribution is 7.09. The van der Waals surface area contributed by atoms with Gasteiger partial charge in [0, 0.05) is 30.3 Å². The van der Waals surface area contributed by atoms with Gasteiger partial charge in [0.1, 0.15) is 0 Å². The molecule has 4 nitrogen and oxygen atoms in total. The summed E-state index contributed by atoms with van der Waals surface area (Å²) in [5, 5.41) is 10.8. The van der Waals surface area contributed by atoms with Crippen molar-refractivity contribution in [3.8, 4) is 0 Å². The molecule has 1 aromatic heterocycles. The maximum atomic E-state index is 12.3. The fraction of sp³-hybridized carbons (Fsp3) is 0.600. The maximum absolute atomic E-state index is 12.3. The molecule has 110 valence electrons. The van der Waals surface area contributed by atoms with Crippen LogP contribution in [0.5, 0.6) is 0 Å². The molecule has 0 unspecified atom stereocenters. The van der Waals surface area contributed by atoms with Gasteiger partial charge in [0.2, 0.25) is 5.91 Å². The summed E-state index contributed by atoms with van der Waals surface area (Å²) < 4.78 is 0. The molecular weight excluding hydrogens is 274 g/mol. The fourth-order valence-electron chi connectivity index (χ4n) is 2.75. The molecule has 0 aromatic carbocycles. The van der Waals surface area contributed by atoms with Crippen molar-refractivity contribution >= 4 is 23.2 Å². The van der Waals surface area contributed by atoms with Crippen LogP contribution in [0.3, 0.4) is 0 Å². The summed E-state index contributed by atoms with van der Waals surface area (Å²) in [6, 6.07) is 4.17. The number of carbonyl (C=O) groups is 2. The lowest BCUT2D eigenvalue weighted by molar-refractivity contribution is -0.140. The number of thiophene rings is 1. The van der Waals surface area contributed by atoms with Gasteiger partial charge in [-0.05, 0) is 43.6 Å². The summed E-state index contributed by atoms with van der Waals surface area (Å²) in [5.41, 5.74) is 0. The second-order valence-corrected chi connectivity index (χ2v) is 6.28. The molecule has 0 radical (unpaired) electrons. The number of nitrogens with zero attached hydrogens (tertiary/aromatic N) is 1. The van der Waals surface area contributed by atoms with Crippen molar-refractivity contribution in [1.82, 2.24) is 4.90 Å². The first-order chi connectivity index (χ1) is 9.66. The summed E-state index contributed by atoms with van der Waals surface area (Å²) in [7, 11) is 0. The lowest BCUT2D eigenvalue weighted by atomic mass is 9.97. The molecule has 1 amide bonds. The Morgan fingerprint density at radius 3 is 2.90 bits per heavy atom. The summed E-state index contributed by atoms with van der Waals surface area (Å²) in [4.78, 5) is 26.2. The smallest absolute Gasteiger partial charge is 0.303 e. The van der Waals surface area contributed by atoms with Gasteiger partial charge in [0.05, 0.1) is 0 Å². The SMILES string of the molecule is O=C(O)CC[C@@H]1CCCCN1C(=O)CCc1cccs1. The predicted octanol–water partition coefficient (Wildman–Crippen LogP) is 2.93. The number of hydrogen-bond donors (Lipinski definition) is 1. The Labute approximate surface area is 123 Å². The minimum absolute atomic E-state index is 0.121.